The lowest BCUT2D eigenvalue weighted by Crippen LogP contribution is -2.40. The lowest BCUT2D eigenvalue weighted by molar-refractivity contribution is 0.196. The standard InChI is InChI=1S/C17H28BrNO2/c1-5-10-21-15-7-6-14(18)11-13(15)12-19-16(8-9-20)17(2,3)4/h6-7,11,16,19-20H,5,8-10,12H2,1-4H3. The number of nitrogens with one attached hydrogen (secondary N) is 1. The number of aliphatic hydroxyl groups excluding tert-OH is 1. The van der Waals surface area contributed by atoms with Crippen molar-refractivity contribution >= 4 is 15.9 Å². The molecule has 1 aromatic rings. The molecular formula is C17H28BrNO2. The molecule has 1 aromatic carbocycles. The Hall–Kier alpha value is -0.580. The fourth-order valence-electron chi connectivity index (χ4n) is 2.24. The molecule has 0 bridgehead atoms. The topological polar surface area (TPSA) is 41.5 Å². The van der Waals surface area contributed by atoms with Crippen LogP contribution in [-0.2, 0) is 6.54 Å². The highest BCUT2D eigenvalue weighted by molar-refractivity contribution is 9.10. The van der Waals surface area contributed by atoms with Crippen molar-refractivity contribution in [2.45, 2.75) is 53.1 Å². The molecule has 0 aliphatic carbocycles. The Morgan fingerprint density at radius 2 is 2.05 bits per heavy atom. The first-order valence-corrected chi connectivity index (χ1v) is 8.43. The summed E-state index contributed by atoms with van der Waals surface area (Å²) in [6.45, 7) is 10.3. The second-order valence-corrected chi connectivity index (χ2v) is 7.33. The summed E-state index contributed by atoms with van der Waals surface area (Å²) < 4.78 is 6.86. The maximum atomic E-state index is 9.24. The van der Waals surface area contributed by atoms with Gasteiger partial charge in [-0.2, -0.15) is 0 Å². The molecule has 120 valence electrons. The molecule has 1 unspecified atom stereocenters. The second kappa shape index (κ2) is 8.76. The van der Waals surface area contributed by atoms with Gasteiger partial charge >= 0.3 is 0 Å². The van der Waals surface area contributed by atoms with Crippen molar-refractivity contribution in [2.24, 2.45) is 5.41 Å². The molecular weight excluding hydrogens is 330 g/mol. The first-order chi connectivity index (χ1) is 9.88. The van der Waals surface area contributed by atoms with E-state index >= 15 is 0 Å². The summed E-state index contributed by atoms with van der Waals surface area (Å²) in [6.07, 6.45) is 1.75. The van der Waals surface area contributed by atoms with Gasteiger partial charge in [-0.15, -0.1) is 0 Å². The van der Waals surface area contributed by atoms with Gasteiger partial charge in [0, 0.05) is 29.2 Å². The third kappa shape index (κ3) is 6.37. The van der Waals surface area contributed by atoms with E-state index in [2.05, 4.69) is 55.0 Å². The van der Waals surface area contributed by atoms with Crippen LogP contribution in [0.3, 0.4) is 0 Å². The lowest BCUT2D eigenvalue weighted by Gasteiger charge is -2.31. The predicted octanol–water partition coefficient (Wildman–Crippen LogP) is 4.12. The van der Waals surface area contributed by atoms with Gasteiger partial charge < -0.3 is 15.2 Å². The van der Waals surface area contributed by atoms with Crippen LogP contribution in [0.1, 0.15) is 46.1 Å². The minimum Gasteiger partial charge on any atom is -0.493 e. The van der Waals surface area contributed by atoms with Crippen LogP contribution in [0.4, 0.5) is 0 Å². The molecule has 0 heterocycles. The normalized spacial score (nSPS) is 13.2. The highest BCUT2D eigenvalue weighted by Crippen LogP contribution is 2.26. The van der Waals surface area contributed by atoms with E-state index in [9.17, 15) is 5.11 Å². The average Bonchev–Trinajstić information content (AvgIpc) is 2.41. The van der Waals surface area contributed by atoms with Crippen LogP contribution in [0.25, 0.3) is 0 Å². The Bertz CT molecular complexity index is 429. The number of ether oxygens (including phenoxy) is 1. The molecule has 0 amide bonds. The van der Waals surface area contributed by atoms with Crippen molar-refractivity contribution in [3.8, 4) is 5.75 Å². The van der Waals surface area contributed by atoms with Crippen LogP contribution < -0.4 is 10.1 Å². The quantitative estimate of drug-likeness (QED) is 0.734. The van der Waals surface area contributed by atoms with Gasteiger partial charge in [-0.05, 0) is 36.5 Å². The number of rotatable bonds is 8. The summed E-state index contributed by atoms with van der Waals surface area (Å²) >= 11 is 3.52. The van der Waals surface area contributed by atoms with Crippen LogP contribution in [-0.4, -0.2) is 24.4 Å². The molecule has 0 saturated carbocycles. The number of benzene rings is 1. The maximum absolute atomic E-state index is 9.24. The third-order valence-corrected chi connectivity index (χ3v) is 3.98. The van der Waals surface area contributed by atoms with Crippen LogP contribution in [0.2, 0.25) is 0 Å². The second-order valence-electron chi connectivity index (χ2n) is 6.41. The van der Waals surface area contributed by atoms with Gasteiger partial charge in [-0.1, -0.05) is 43.6 Å². The molecule has 3 nitrogen and oxygen atoms in total. The maximum Gasteiger partial charge on any atom is 0.123 e. The van der Waals surface area contributed by atoms with Gasteiger partial charge in [0.1, 0.15) is 5.75 Å². The van der Waals surface area contributed by atoms with Crippen molar-refractivity contribution in [3.63, 3.8) is 0 Å². The van der Waals surface area contributed by atoms with E-state index in [-0.39, 0.29) is 18.1 Å². The van der Waals surface area contributed by atoms with Crippen molar-refractivity contribution in [1.29, 1.82) is 0 Å². The highest BCUT2D eigenvalue weighted by Gasteiger charge is 2.23. The minimum absolute atomic E-state index is 0.110. The fourth-order valence-corrected chi connectivity index (χ4v) is 2.65. The molecule has 0 radical (unpaired) electrons. The smallest absolute Gasteiger partial charge is 0.123 e. The molecule has 4 heteroatoms. The van der Waals surface area contributed by atoms with Gasteiger partial charge in [0.25, 0.3) is 0 Å². The van der Waals surface area contributed by atoms with E-state index in [0.717, 1.165) is 41.8 Å². The molecule has 0 fully saturated rings. The van der Waals surface area contributed by atoms with E-state index < -0.39 is 0 Å². The van der Waals surface area contributed by atoms with Crippen molar-refractivity contribution in [1.82, 2.24) is 5.32 Å². The Labute approximate surface area is 137 Å². The number of halogens is 1. The first-order valence-electron chi connectivity index (χ1n) is 7.64. The average molecular weight is 358 g/mol. The Morgan fingerprint density at radius 1 is 1.33 bits per heavy atom. The Balaban J connectivity index is 2.78. The number of aliphatic hydroxyl groups is 1. The Kier molecular flexibility index (Phi) is 7.71. The van der Waals surface area contributed by atoms with Crippen LogP contribution >= 0.6 is 15.9 Å². The van der Waals surface area contributed by atoms with E-state index in [4.69, 9.17) is 4.74 Å². The molecule has 1 atom stereocenters. The van der Waals surface area contributed by atoms with Gasteiger partial charge in [0.15, 0.2) is 0 Å². The Morgan fingerprint density at radius 3 is 2.62 bits per heavy atom. The van der Waals surface area contributed by atoms with Gasteiger partial charge in [0.05, 0.1) is 6.61 Å². The molecule has 1 rings (SSSR count). The molecule has 0 aliphatic rings. The van der Waals surface area contributed by atoms with Gasteiger partial charge in [-0.3, -0.25) is 0 Å². The van der Waals surface area contributed by atoms with E-state index in [1.54, 1.807) is 0 Å². The van der Waals surface area contributed by atoms with Gasteiger partial charge in [-0.25, -0.2) is 0 Å². The summed E-state index contributed by atoms with van der Waals surface area (Å²) in [5.41, 5.74) is 1.25. The summed E-state index contributed by atoms with van der Waals surface area (Å²) in [5.74, 6) is 0.934. The zero-order chi connectivity index (χ0) is 15.9. The van der Waals surface area contributed by atoms with Crippen LogP contribution in [0.5, 0.6) is 5.75 Å². The van der Waals surface area contributed by atoms with E-state index in [1.165, 1.54) is 0 Å². The third-order valence-electron chi connectivity index (χ3n) is 3.49. The summed E-state index contributed by atoms with van der Waals surface area (Å²) in [5, 5.41) is 12.8. The van der Waals surface area contributed by atoms with Crippen molar-refractivity contribution in [3.05, 3.63) is 28.2 Å². The molecule has 21 heavy (non-hydrogen) atoms. The zero-order valence-corrected chi connectivity index (χ0v) is 15.2. The first kappa shape index (κ1) is 18.5. The monoisotopic (exact) mass is 357 g/mol. The largest absolute Gasteiger partial charge is 0.493 e. The van der Waals surface area contributed by atoms with Crippen LogP contribution in [0, 0.1) is 5.41 Å². The summed E-state index contributed by atoms with van der Waals surface area (Å²) in [4.78, 5) is 0. The zero-order valence-electron chi connectivity index (χ0n) is 13.6. The van der Waals surface area contributed by atoms with E-state index in [0.29, 0.717) is 0 Å². The predicted molar refractivity (Wildman–Crippen MR) is 91.7 cm³/mol. The highest BCUT2D eigenvalue weighted by atomic mass is 79.9. The minimum atomic E-state index is 0.110. The van der Waals surface area contributed by atoms with Crippen LogP contribution in [0.15, 0.2) is 22.7 Å². The molecule has 2 N–H and O–H groups in total. The summed E-state index contributed by atoms with van der Waals surface area (Å²) in [7, 11) is 0. The molecule has 0 aliphatic heterocycles. The van der Waals surface area contributed by atoms with Crippen molar-refractivity contribution < 1.29 is 9.84 Å². The molecule has 0 spiro atoms. The SMILES string of the molecule is CCCOc1ccc(Br)cc1CNC(CCO)C(C)(C)C. The summed E-state index contributed by atoms with van der Waals surface area (Å²) in [6, 6.07) is 6.37. The number of hydrogen-bond donors (Lipinski definition) is 2. The molecule has 0 aromatic heterocycles. The lowest BCUT2D eigenvalue weighted by atomic mass is 9.85. The number of hydrogen-bond acceptors (Lipinski definition) is 3. The fraction of sp³-hybridized carbons (Fsp3) is 0.647. The van der Waals surface area contributed by atoms with Gasteiger partial charge in [0.2, 0.25) is 0 Å². The molecule has 0 saturated heterocycles. The van der Waals surface area contributed by atoms with E-state index in [1.807, 2.05) is 12.1 Å². The van der Waals surface area contributed by atoms with Crippen molar-refractivity contribution in [2.75, 3.05) is 13.2 Å².